The van der Waals surface area contributed by atoms with Crippen molar-refractivity contribution in [1.29, 1.82) is 0 Å². The van der Waals surface area contributed by atoms with Gasteiger partial charge in [-0.05, 0) is 68.6 Å². The minimum absolute atomic E-state index is 0.00998. The zero-order valence-corrected chi connectivity index (χ0v) is 20.9. The topological polar surface area (TPSA) is 79.4 Å². The van der Waals surface area contributed by atoms with Crippen LogP contribution in [-0.2, 0) is 4.79 Å². The van der Waals surface area contributed by atoms with Crippen molar-refractivity contribution < 1.29 is 14.4 Å². The number of Topliss-reactive ketones (excluding diaryl/α,β-unsaturated/α-hetero) is 1. The van der Waals surface area contributed by atoms with Crippen LogP contribution in [0.2, 0.25) is 0 Å². The van der Waals surface area contributed by atoms with Crippen LogP contribution >= 0.6 is 0 Å². The van der Waals surface area contributed by atoms with Crippen LogP contribution < -0.4 is 5.32 Å². The number of benzene rings is 2. The summed E-state index contributed by atoms with van der Waals surface area (Å²) >= 11 is 0. The van der Waals surface area contributed by atoms with E-state index in [1.165, 1.54) is 6.08 Å². The predicted octanol–water partition coefficient (Wildman–Crippen LogP) is 4.80. The Labute approximate surface area is 217 Å². The lowest BCUT2D eigenvalue weighted by atomic mass is 9.85. The van der Waals surface area contributed by atoms with Crippen molar-refractivity contribution in [3.63, 3.8) is 0 Å². The summed E-state index contributed by atoms with van der Waals surface area (Å²) in [7, 11) is 0. The minimum atomic E-state index is -0.0973. The number of carbonyl (C=O) groups is 3. The van der Waals surface area contributed by atoms with Gasteiger partial charge in [-0.3, -0.25) is 19.4 Å². The molecule has 1 amide bonds. The molecule has 2 heterocycles. The predicted molar refractivity (Wildman–Crippen MR) is 144 cm³/mol. The van der Waals surface area contributed by atoms with Gasteiger partial charge in [-0.25, -0.2) is 0 Å². The molecule has 37 heavy (non-hydrogen) atoms. The van der Waals surface area contributed by atoms with Gasteiger partial charge < -0.3 is 10.2 Å². The first-order chi connectivity index (χ1) is 18.1. The SMILES string of the molecule is O=C(/C=C\c1cccnc1)NCCCCN1CCC(C(=O)c2cccc3c2-c2ccccc2C3=O)CC1. The van der Waals surface area contributed by atoms with Crippen LogP contribution in [0.5, 0.6) is 0 Å². The lowest BCUT2D eigenvalue weighted by molar-refractivity contribution is -0.116. The van der Waals surface area contributed by atoms with E-state index >= 15 is 0 Å². The van der Waals surface area contributed by atoms with Gasteiger partial charge in [-0.1, -0.05) is 48.5 Å². The molecule has 0 unspecified atom stereocenters. The summed E-state index contributed by atoms with van der Waals surface area (Å²) in [4.78, 5) is 44.7. The zero-order chi connectivity index (χ0) is 25.6. The standard InChI is InChI=1S/C31H31N3O3/c35-28(13-12-22-7-6-16-32-21-22)33-17-3-4-18-34-19-14-23(15-20-34)30(36)26-10-5-11-27-29(26)24-8-1-2-9-25(24)31(27)37/h1-2,5-13,16,21,23H,3-4,14-15,17-20H2,(H,33,35)/b13-12-. The van der Waals surface area contributed by atoms with Crippen LogP contribution in [0.25, 0.3) is 17.2 Å². The summed E-state index contributed by atoms with van der Waals surface area (Å²) in [5.74, 6) is 0.0511. The number of rotatable bonds is 9. The van der Waals surface area contributed by atoms with Gasteiger partial charge in [0.15, 0.2) is 11.6 Å². The number of hydrogen-bond donors (Lipinski definition) is 1. The lowest BCUT2D eigenvalue weighted by Gasteiger charge is -2.31. The first-order valence-electron chi connectivity index (χ1n) is 13.0. The van der Waals surface area contributed by atoms with Crippen molar-refractivity contribution >= 4 is 23.5 Å². The number of nitrogens with one attached hydrogen (secondary N) is 1. The maximum absolute atomic E-state index is 13.5. The van der Waals surface area contributed by atoms with Gasteiger partial charge in [0.2, 0.25) is 5.91 Å². The molecule has 0 bridgehead atoms. The third-order valence-corrected chi connectivity index (χ3v) is 7.29. The van der Waals surface area contributed by atoms with Crippen molar-refractivity contribution in [1.82, 2.24) is 15.2 Å². The van der Waals surface area contributed by atoms with Crippen LogP contribution in [0.3, 0.4) is 0 Å². The Hall–Kier alpha value is -3.90. The molecule has 6 heteroatoms. The summed E-state index contributed by atoms with van der Waals surface area (Å²) in [6.07, 6.45) is 10.3. The van der Waals surface area contributed by atoms with Gasteiger partial charge in [0, 0.05) is 53.2 Å². The summed E-state index contributed by atoms with van der Waals surface area (Å²) in [5, 5.41) is 2.93. The fourth-order valence-corrected chi connectivity index (χ4v) is 5.30. The molecule has 1 fully saturated rings. The molecule has 1 saturated heterocycles. The molecule has 0 atom stereocenters. The van der Waals surface area contributed by atoms with E-state index in [1.54, 1.807) is 18.5 Å². The largest absolute Gasteiger partial charge is 0.353 e. The van der Waals surface area contributed by atoms with E-state index in [2.05, 4.69) is 15.2 Å². The number of carbonyl (C=O) groups excluding carboxylic acids is 3. The average Bonchev–Trinajstić information content (AvgIpc) is 3.24. The van der Waals surface area contributed by atoms with E-state index in [9.17, 15) is 14.4 Å². The van der Waals surface area contributed by atoms with Crippen molar-refractivity contribution in [2.75, 3.05) is 26.2 Å². The monoisotopic (exact) mass is 493 g/mol. The third kappa shape index (κ3) is 5.59. The van der Waals surface area contributed by atoms with E-state index in [0.29, 0.717) is 23.2 Å². The summed E-state index contributed by atoms with van der Waals surface area (Å²) < 4.78 is 0. The van der Waals surface area contributed by atoms with E-state index in [1.807, 2.05) is 54.6 Å². The molecule has 5 rings (SSSR count). The fourth-order valence-electron chi connectivity index (χ4n) is 5.30. The van der Waals surface area contributed by atoms with E-state index in [-0.39, 0.29) is 23.4 Å². The molecule has 2 aliphatic rings. The fraction of sp³-hybridized carbons (Fsp3) is 0.290. The van der Waals surface area contributed by atoms with Gasteiger partial charge in [0.1, 0.15) is 0 Å². The molecular formula is C31H31N3O3. The Morgan fingerprint density at radius 3 is 2.51 bits per heavy atom. The molecular weight excluding hydrogens is 462 g/mol. The van der Waals surface area contributed by atoms with Gasteiger partial charge in [-0.2, -0.15) is 0 Å². The number of aromatic nitrogens is 1. The van der Waals surface area contributed by atoms with Crippen molar-refractivity contribution in [2.24, 2.45) is 5.92 Å². The average molecular weight is 494 g/mol. The first kappa shape index (κ1) is 24.8. The highest BCUT2D eigenvalue weighted by Crippen LogP contribution is 2.40. The molecule has 0 radical (unpaired) electrons. The second-order valence-corrected chi connectivity index (χ2v) is 9.70. The lowest BCUT2D eigenvalue weighted by Crippen LogP contribution is -2.37. The second kappa shape index (κ2) is 11.4. The summed E-state index contributed by atoms with van der Waals surface area (Å²) in [6, 6.07) is 16.9. The molecule has 1 aliphatic carbocycles. The Balaban J connectivity index is 1.07. The maximum Gasteiger partial charge on any atom is 0.243 e. The van der Waals surface area contributed by atoms with Gasteiger partial charge in [0.05, 0.1) is 0 Å². The second-order valence-electron chi connectivity index (χ2n) is 9.70. The first-order valence-corrected chi connectivity index (χ1v) is 13.0. The number of fused-ring (bicyclic) bond motifs is 3. The Morgan fingerprint density at radius 2 is 1.73 bits per heavy atom. The van der Waals surface area contributed by atoms with E-state index in [0.717, 1.165) is 62.0 Å². The number of nitrogens with zero attached hydrogens (tertiary/aromatic N) is 2. The highest BCUT2D eigenvalue weighted by atomic mass is 16.1. The molecule has 2 aromatic carbocycles. The zero-order valence-electron chi connectivity index (χ0n) is 20.9. The molecule has 1 N–H and O–H groups in total. The van der Waals surface area contributed by atoms with Crippen LogP contribution in [0, 0.1) is 5.92 Å². The van der Waals surface area contributed by atoms with Crippen LogP contribution in [0.4, 0.5) is 0 Å². The molecule has 188 valence electrons. The van der Waals surface area contributed by atoms with Crippen LogP contribution in [0.1, 0.15) is 57.5 Å². The highest BCUT2D eigenvalue weighted by Gasteiger charge is 2.33. The quantitative estimate of drug-likeness (QED) is 0.206. The van der Waals surface area contributed by atoms with Gasteiger partial charge in [-0.15, -0.1) is 0 Å². The normalized spacial score (nSPS) is 15.5. The highest BCUT2D eigenvalue weighted by molar-refractivity contribution is 6.24. The number of hydrogen-bond acceptors (Lipinski definition) is 5. The summed E-state index contributed by atoms with van der Waals surface area (Å²) in [6.45, 7) is 3.39. The Bertz CT molecular complexity index is 1320. The van der Waals surface area contributed by atoms with Gasteiger partial charge in [0.25, 0.3) is 0 Å². The maximum atomic E-state index is 13.5. The Kier molecular flexibility index (Phi) is 7.66. The summed E-state index contributed by atoms with van der Waals surface area (Å²) in [5.41, 5.74) is 4.60. The van der Waals surface area contributed by atoms with Crippen molar-refractivity contribution in [3.05, 3.63) is 95.3 Å². The van der Waals surface area contributed by atoms with E-state index < -0.39 is 0 Å². The van der Waals surface area contributed by atoms with Crippen LogP contribution in [0.15, 0.2) is 73.1 Å². The number of ketones is 2. The van der Waals surface area contributed by atoms with Gasteiger partial charge >= 0.3 is 0 Å². The molecule has 3 aromatic rings. The molecule has 6 nitrogen and oxygen atoms in total. The number of piperidine rings is 1. The third-order valence-electron chi connectivity index (χ3n) is 7.29. The van der Waals surface area contributed by atoms with Crippen molar-refractivity contribution in [2.45, 2.75) is 25.7 Å². The number of unbranched alkanes of at least 4 members (excludes halogenated alkanes) is 1. The number of likely N-dealkylation sites (tertiary alicyclic amines) is 1. The smallest absolute Gasteiger partial charge is 0.243 e. The molecule has 1 aliphatic heterocycles. The molecule has 0 saturated carbocycles. The number of pyridine rings is 1. The minimum Gasteiger partial charge on any atom is -0.353 e. The van der Waals surface area contributed by atoms with Crippen molar-refractivity contribution in [3.8, 4) is 11.1 Å². The Morgan fingerprint density at radius 1 is 0.946 bits per heavy atom. The van der Waals surface area contributed by atoms with E-state index in [4.69, 9.17) is 0 Å². The molecule has 0 spiro atoms. The molecule has 1 aromatic heterocycles. The number of amides is 1. The van der Waals surface area contributed by atoms with Crippen LogP contribution in [-0.4, -0.2) is 53.5 Å².